The number of amides is 2. The molecule has 0 radical (unpaired) electrons. The molecule has 138 valence electrons. The third kappa shape index (κ3) is 5.74. The summed E-state index contributed by atoms with van der Waals surface area (Å²) in [6.45, 7) is 6.71. The van der Waals surface area contributed by atoms with E-state index in [2.05, 4.69) is 22.0 Å². The van der Waals surface area contributed by atoms with Crippen molar-refractivity contribution in [3.63, 3.8) is 0 Å². The maximum atomic E-state index is 11.9. The minimum atomic E-state index is -0.215. The molecule has 0 aliphatic carbocycles. The molecular formula is C18H34N4O2. The largest absolute Gasteiger partial charge is 0.370 e. The fraction of sp³-hybridized carbons (Fsp3) is 0.889. The van der Waals surface area contributed by atoms with Gasteiger partial charge in [0.25, 0.3) is 0 Å². The van der Waals surface area contributed by atoms with Crippen LogP contribution in [0, 0.1) is 0 Å². The Morgan fingerprint density at radius 1 is 1.04 bits per heavy atom. The molecule has 2 fully saturated rings. The van der Waals surface area contributed by atoms with Gasteiger partial charge in [0.2, 0.25) is 11.8 Å². The van der Waals surface area contributed by atoms with Gasteiger partial charge in [-0.3, -0.25) is 19.4 Å². The number of nitrogens with zero attached hydrogens (tertiary/aromatic N) is 2. The Morgan fingerprint density at radius 2 is 1.62 bits per heavy atom. The smallest absolute Gasteiger partial charge is 0.221 e. The molecule has 2 heterocycles. The molecule has 0 saturated carbocycles. The summed E-state index contributed by atoms with van der Waals surface area (Å²) >= 11 is 0. The van der Waals surface area contributed by atoms with Gasteiger partial charge in [-0.05, 0) is 45.2 Å². The van der Waals surface area contributed by atoms with Crippen LogP contribution in [0.15, 0.2) is 0 Å². The monoisotopic (exact) mass is 338 g/mol. The molecule has 2 unspecified atom stereocenters. The van der Waals surface area contributed by atoms with Crippen LogP contribution in [0.3, 0.4) is 0 Å². The van der Waals surface area contributed by atoms with Gasteiger partial charge >= 0.3 is 0 Å². The van der Waals surface area contributed by atoms with Gasteiger partial charge in [-0.1, -0.05) is 13.3 Å². The molecule has 0 aromatic carbocycles. The summed E-state index contributed by atoms with van der Waals surface area (Å²) in [7, 11) is 0. The highest BCUT2D eigenvalue weighted by atomic mass is 16.1. The highest BCUT2D eigenvalue weighted by Gasteiger charge is 2.37. The molecule has 0 aromatic heterocycles. The van der Waals surface area contributed by atoms with E-state index in [1.54, 1.807) is 0 Å². The van der Waals surface area contributed by atoms with E-state index in [4.69, 9.17) is 5.73 Å². The second kappa shape index (κ2) is 9.99. The number of hydrogen-bond acceptors (Lipinski definition) is 4. The van der Waals surface area contributed by atoms with Crippen molar-refractivity contribution in [3.05, 3.63) is 0 Å². The summed E-state index contributed by atoms with van der Waals surface area (Å²) in [6, 6.07) is 1.05. The molecule has 2 rings (SSSR count). The zero-order valence-corrected chi connectivity index (χ0v) is 15.1. The Balaban J connectivity index is 1.79. The molecular weight excluding hydrogens is 304 g/mol. The number of primary amides is 1. The SMILES string of the molecule is CCCCNC(=O)CCN1CCCC1C1CCCN1CCC(N)=O. The predicted molar refractivity (Wildman–Crippen MR) is 95.5 cm³/mol. The fourth-order valence-corrected chi connectivity index (χ4v) is 4.12. The molecule has 2 saturated heterocycles. The molecule has 6 heteroatoms. The molecule has 2 atom stereocenters. The highest BCUT2D eigenvalue weighted by molar-refractivity contribution is 5.76. The van der Waals surface area contributed by atoms with Crippen LogP contribution in [0.4, 0.5) is 0 Å². The Bertz CT molecular complexity index is 416. The standard InChI is InChI=1S/C18H34N4O2/c1-2-3-10-20-18(24)9-14-22-12-5-7-16(22)15-6-4-11-21(15)13-8-17(19)23/h15-16H,2-14H2,1H3,(H2,19,23)(H,20,24). The van der Waals surface area contributed by atoms with E-state index in [-0.39, 0.29) is 11.8 Å². The average Bonchev–Trinajstić information content (AvgIpc) is 3.19. The third-order valence-corrected chi connectivity index (χ3v) is 5.40. The van der Waals surface area contributed by atoms with E-state index in [9.17, 15) is 9.59 Å². The van der Waals surface area contributed by atoms with E-state index in [1.165, 1.54) is 25.7 Å². The average molecular weight is 338 g/mol. The lowest BCUT2D eigenvalue weighted by Crippen LogP contribution is -2.47. The van der Waals surface area contributed by atoms with E-state index in [0.717, 1.165) is 45.6 Å². The summed E-state index contributed by atoms with van der Waals surface area (Å²) in [4.78, 5) is 28.0. The Morgan fingerprint density at radius 3 is 2.17 bits per heavy atom. The molecule has 2 aliphatic rings. The number of rotatable bonds is 10. The predicted octanol–water partition coefficient (Wildman–Crippen LogP) is 1.10. The van der Waals surface area contributed by atoms with E-state index >= 15 is 0 Å². The van der Waals surface area contributed by atoms with Crippen LogP contribution in [-0.4, -0.2) is 66.4 Å². The van der Waals surface area contributed by atoms with Crippen molar-refractivity contribution in [1.82, 2.24) is 15.1 Å². The Hall–Kier alpha value is -1.14. The lowest BCUT2D eigenvalue weighted by molar-refractivity contribution is -0.121. The number of hydrogen-bond donors (Lipinski definition) is 2. The summed E-state index contributed by atoms with van der Waals surface area (Å²) < 4.78 is 0. The first-order valence-electron chi connectivity index (χ1n) is 9.65. The van der Waals surface area contributed by atoms with Crippen molar-refractivity contribution < 1.29 is 9.59 Å². The Labute approximate surface area is 146 Å². The van der Waals surface area contributed by atoms with Gasteiger partial charge in [-0.15, -0.1) is 0 Å². The molecule has 0 spiro atoms. The molecule has 2 amide bonds. The number of carbonyl (C=O) groups is 2. The zero-order valence-electron chi connectivity index (χ0n) is 15.1. The topological polar surface area (TPSA) is 78.7 Å². The number of nitrogens with one attached hydrogen (secondary N) is 1. The number of carbonyl (C=O) groups excluding carboxylic acids is 2. The first kappa shape index (κ1) is 19.2. The summed E-state index contributed by atoms with van der Waals surface area (Å²) in [5.41, 5.74) is 5.31. The van der Waals surface area contributed by atoms with Crippen LogP contribution in [0.5, 0.6) is 0 Å². The van der Waals surface area contributed by atoms with Crippen LogP contribution in [0.2, 0.25) is 0 Å². The normalized spacial score (nSPS) is 25.2. The van der Waals surface area contributed by atoms with Gasteiger partial charge in [0.05, 0.1) is 0 Å². The molecule has 6 nitrogen and oxygen atoms in total. The maximum absolute atomic E-state index is 11.9. The van der Waals surface area contributed by atoms with Crippen LogP contribution in [0.1, 0.15) is 58.3 Å². The fourth-order valence-electron chi connectivity index (χ4n) is 4.12. The molecule has 0 bridgehead atoms. The minimum Gasteiger partial charge on any atom is -0.370 e. The molecule has 0 aromatic rings. The molecule has 3 N–H and O–H groups in total. The quantitative estimate of drug-likeness (QED) is 0.585. The zero-order chi connectivity index (χ0) is 17.4. The molecule has 2 aliphatic heterocycles. The van der Waals surface area contributed by atoms with Crippen LogP contribution >= 0.6 is 0 Å². The van der Waals surface area contributed by atoms with Crippen LogP contribution in [-0.2, 0) is 9.59 Å². The number of likely N-dealkylation sites (tertiary alicyclic amines) is 2. The van der Waals surface area contributed by atoms with Crippen molar-refractivity contribution in [3.8, 4) is 0 Å². The highest BCUT2D eigenvalue weighted by Crippen LogP contribution is 2.30. The van der Waals surface area contributed by atoms with Gasteiger partial charge in [0.15, 0.2) is 0 Å². The van der Waals surface area contributed by atoms with Gasteiger partial charge in [-0.25, -0.2) is 0 Å². The summed E-state index contributed by atoms with van der Waals surface area (Å²) in [5.74, 6) is -0.0428. The second-order valence-corrected chi connectivity index (χ2v) is 7.16. The summed E-state index contributed by atoms with van der Waals surface area (Å²) in [6.07, 6.45) is 8.01. The van der Waals surface area contributed by atoms with Gasteiger partial charge in [0.1, 0.15) is 0 Å². The van der Waals surface area contributed by atoms with Crippen LogP contribution in [0.25, 0.3) is 0 Å². The van der Waals surface area contributed by atoms with Crippen molar-refractivity contribution >= 4 is 11.8 Å². The molecule has 24 heavy (non-hydrogen) atoms. The van der Waals surface area contributed by atoms with Crippen molar-refractivity contribution in [1.29, 1.82) is 0 Å². The van der Waals surface area contributed by atoms with Gasteiger partial charge in [0, 0.05) is 44.6 Å². The maximum Gasteiger partial charge on any atom is 0.221 e. The van der Waals surface area contributed by atoms with Crippen molar-refractivity contribution in [2.45, 2.75) is 70.4 Å². The number of unbranched alkanes of at least 4 members (excludes halogenated alkanes) is 1. The van der Waals surface area contributed by atoms with E-state index in [0.29, 0.717) is 24.9 Å². The lowest BCUT2D eigenvalue weighted by Gasteiger charge is -2.35. The third-order valence-electron chi connectivity index (χ3n) is 5.40. The first-order valence-corrected chi connectivity index (χ1v) is 9.65. The minimum absolute atomic E-state index is 0.172. The van der Waals surface area contributed by atoms with Crippen LogP contribution < -0.4 is 11.1 Å². The van der Waals surface area contributed by atoms with E-state index in [1.807, 2.05) is 0 Å². The van der Waals surface area contributed by atoms with Gasteiger partial charge in [-0.2, -0.15) is 0 Å². The second-order valence-electron chi connectivity index (χ2n) is 7.16. The van der Waals surface area contributed by atoms with Crippen molar-refractivity contribution in [2.75, 3.05) is 32.7 Å². The van der Waals surface area contributed by atoms with Crippen molar-refractivity contribution in [2.24, 2.45) is 5.73 Å². The summed E-state index contributed by atoms with van der Waals surface area (Å²) in [5, 5.41) is 3.01. The van der Waals surface area contributed by atoms with E-state index < -0.39 is 0 Å². The first-order chi connectivity index (χ1) is 11.6. The number of nitrogens with two attached hydrogens (primary N) is 1. The van der Waals surface area contributed by atoms with Gasteiger partial charge < -0.3 is 11.1 Å². The lowest BCUT2D eigenvalue weighted by atomic mass is 10.0. The Kier molecular flexibility index (Phi) is 7.99.